The fourth-order valence-electron chi connectivity index (χ4n) is 3.33. The van der Waals surface area contributed by atoms with Gasteiger partial charge in [0.25, 0.3) is 0 Å². The van der Waals surface area contributed by atoms with Crippen LogP contribution in [0.5, 0.6) is 0 Å². The highest BCUT2D eigenvalue weighted by molar-refractivity contribution is 5.83. The van der Waals surface area contributed by atoms with E-state index in [1.165, 1.54) is 0 Å². The lowest BCUT2D eigenvalue weighted by molar-refractivity contribution is -0.138. The van der Waals surface area contributed by atoms with Crippen molar-refractivity contribution in [2.75, 3.05) is 32.8 Å². The molecule has 1 aliphatic heterocycles. The van der Waals surface area contributed by atoms with E-state index in [9.17, 15) is 9.90 Å². The molecule has 122 valence electrons. The van der Waals surface area contributed by atoms with Gasteiger partial charge in [0, 0.05) is 26.2 Å². The molecule has 0 saturated carbocycles. The van der Waals surface area contributed by atoms with Gasteiger partial charge in [-0.25, -0.2) is 0 Å². The summed E-state index contributed by atoms with van der Waals surface area (Å²) in [7, 11) is 0. The Bertz CT molecular complexity index is 459. The van der Waals surface area contributed by atoms with Crippen LogP contribution >= 0.6 is 0 Å². The molecule has 1 aromatic rings. The Balaban J connectivity index is 2.27. The van der Waals surface area contributed by atoms with Crippen LogP contribution in [-0.2, 0) is 4.79 Å². The minimum atomic E-state index is -0.226. The summed E-state index contributed by atoms with van der Waals surface area (Å²) < 4.78 is 0. The number of carbonyl (C=O) groups is 1. The van der Waals surface area contributed by atoms with Crippen LogP contribution in [0.1, 0.15) is 38.3 Å². The number of benzene rings is 1. The lowest BCUT2D eigenvalue weighted by Gasteiger charge is -2.39. The lowest BCUT2D eigenvalue weighted by atomic mass is 9.94. The summed E-state index contributed by atoms with van der Waals surface area (Å²) in [5.41, 5.74) is 1.05. The van der Waals surface area contributed by atoms with Crippen molar-refractivity contribution in [1.82, 2.24) is 9.80 Å². The van der Waals surface area contributed by atoms with Gasteiger partial charge in [-0.05, 0) is 44.7 Å². The van der Waals surface area contributed by atoms with E-state index < -0.39 is 0 Å². The maximum Gasteiger partial charge on any atom is 0.244 e. The minimum absolute atomic E-state index is 0.176. The molecule has 2 unspecified atom stereocenters. The molecule has 0 spiro atoms. The van der Waals surface area contributed by atoms with Crippen molar-refractivity contribution < 1.29 is 9.90 Å². The molecule has 1 heterocycles. The molecule has 1 N–H and O–H groups in total. The second-order valence-electron chi connectivity index (χ2n) is 6.01. The van der Waals surface area contributed by atoms with Gasteiger partial charge in [0.2, 0.25) is 5.91 Å². The predicted octanol–water partition coefficient (Wildman–Crippen LogP) is 2.30. The van der Waals surface area contributed by atoms with E-state index in [2.05, 4.69) is 4.90 Å². The number of aliphatic hydroxyl groups excluding tert-OH is 1. The summed E-state index contributed by atoms with van der Waals surface area (Å²) in [5.74, 6) is 0.458. The Morgan fingerprint density at radius 2 is 2.00 bits per heavy atom. The topological polar surface area (TPSA) is 43.8 Å². The molecule has 0 aromatic heterocycles. The van der Waals surface area contributed by atoms with Crippen molar-refractivity contribution in [1.29, 1.82) is 0 Å². The molecule has 4 nitrogen and oxygen atoms in total. The zero-order chi connectivity index (χ0) is 15.9. The van der Waals surface area contributed by atoms with Crippen molar-refractivity contribution in [3.05, 3.63) is 35.9 Å². The minimum Gasteiger partial charge on any atom is -0.396 e. The summed E-state index contributed by atoms with van der Waals surface area (Å²) in [6.07, 6.45) is 2.09. The molecule has 1 aromatic carbocycles. The molecule has 1 aliphatic rings. The van der Waals surface area contributed by atoms with Crippen molar-refractivity contribution in [2.45, 2.75) is 32.7 Å². The van der Waals surface area contributed by atoms with Gasteiger partial charge in [-0.2, -0.15) is 0 Å². The van der Waals surface area contributed by atoms with Gasteiger partial charge >= 0.3 is 0 Å². The molecule has 1 saturated heterocycles. The Labute approximate surface area is 133 Å². The molecular weight excluding hydrogens is 276 g/mol. The highest BCUT2D eigenvalue weighted by Gasteiger charge is 2.33. The van der Waals surface area contributed by atoms with Gasteiger partial charge in [-0.1, -0.05) is 30.3 Å². The van der Waals surface area contributed by atoms with Crippen molar-refractivity contribution in [3.63, 3.8) is 0 Å². The first-order chi connectivity index (χ1) is 10.7. The van der Waals surface area contributed by atoms with Gasteiger partial charge in [-0.3, -0.25) is 9.69 Å². The number of likely N-dealkylation sites (N-methyl/N-ethyl adjacent to an activating group) is 1. The Kier molecular flexibility index (Phi) is 6.40. The average molecular weight is 304 g/mol. The second-order valence-corrected chi connectivity index (χ2v) is 6.01. The summed E-state index contributed by atoms with van der Waals surface area (Å²) in [5, 5.41) is 9.48. The van der Waals surface area contributed by atoms with Crippen LogP contribution < -0.4 is 0 Å². The summed E-state index contributed by atoms with van der Waals surface area (Å²) in [6, 6.07) is 9.81. The molecule has 2 rings (SSSR count). The number of nitrogens with zero attached hydrogens (tertiary/aromatic N) is 2. The molecule has 4 heteroatoms. The van der Waals surface area contributed by atoms with Crippen molar-refractivity contribution in [3.8, 4) is 0 Å². The highest BCUT2D eigenvalue weighted by Crippen LogP contribution is 2.28. The summed E-state index contributed by atoms with van der Waals surface area (Å²) in [6.45, 7) is 7.43. The normalized spacial score (nSPS) is 20.6. The number of carbonyl (C=O) groups excluding carboxylic acids is 1. The molecule has 0 radical (unpaired) electrons. The van der Waals surface area contributed by atoms with E-state index in [-0.39, 0.29) is 24.5 Å². The third-order valence-electron chi connectivity index (χ3n) is 4.60. The first-order valence-corrected chi connectivity index (χ1v) is 8.39. The summed E-state index contributed by atoms with van der Waals surface area (Å²) >= 11 is 0. The molecule has 1 fully saturated rings. The third kappa shape index (κ3) is 3.87. The van der Waals surface area contributed by atoms with E-state index in [0.717, 1.165) is 44.6 Å². The number of likely N-dealkylation sites (tertiary alicyclic amines) is 1. The van der Waals surface area contributed by atoms with Crippen LogP contribution in [0.3, 0.4) is 0 Å². The van der Waals surface area contributed by atoms with E-state index in [4.69, 9.17) is 0 Å². The van der Waals surface area contributed by atoms with Crippen LogP contribution in [0, 0.1) is 5.92 Å². The van der Waals surface area contributed by atoms with Gasteiger partial charge in [-0.15, -0.1) is 0 Å². The predicted molar refractivity (Wildman–Crippen MR) is 88.5 cm³/mol. The standard InChI is InChI=1S/C18H28N2O2/c1-3-19(4-2)18(22)17(16-10-6-5-7-11-16)20-12-8-9-15(13-20)14-21/h5-7,10-11,15,17,21H,3-4,8-9,12-14H2,1-2H3. The maximum atomic E-state index is 13.0. The van der Waals surface area contributed by atoms with E-state index in [1.807, 2.05) is 49.1 Å². The molecule has 1 amide bonds. The number of aliphatic hydroxyl groups is 1. The second kappa shape index (κ2) is 8.30. The Morgan fingerprint density at radius 3 is 2.59 bits per heavy atom. The van der Waals surface area contributed by atoms with Crippen LogP contribution in [0.4, 0.5) is 0 Å². The van der Waals surface area contributed by atoms with Crippen LogP contribution in [0.15, 0.2) is 30.3 Å². The van der Waals surface area contributed by atoms with Crippen LogP contribution in [-0.4, -0.2) is 53.6 Å². The fraction of sp³-hybridized carbons (Fsp3) is 0.611. The quantitative estimate of drug-likeness (QED) is 0.877. The SMILES string of the molecule is CCN(CC)C(=O)C(c1ccccc1)N1CCCC(CO)C1. The average Bonchev–Trinajstić information content (AvgIpc) is 2.57. The van der Waals surface area contributed by atoms with Gasteiger partial charge in [0.05, 0.1) is 0 Å². The Hall–Kier alpha value is -1.39. The van der Waals surface area contributed by atoms with Crippen LogP contribution in [0.2, 0.25) is 0 Å². The third-order valence-corrected chi connectivity index (χ3v) is 4.60. The molecule has 22 heavy (non-hydrogen) atoms. The van der Waals surface area contributed by atoms with E-state index in [0.29, 0.717) is 0 Å². The fourth-order valence-corrected chi connectivity index (χ4v) is 3.33. The monoisotopic (exact) mass is 304 g/mol. The zero-order valence-corrected chi connectivity index (χ0v) is 13.7. The molecular formula is C18H28N2O2. The zero-order valence-electron chi connectivity index (χ0n) is 13.7. The molecule has 2 atom stereocenters. The first kappa shape index (κ1) is 17.0. The largest absolute Gasteiger partial charge is 0.396 e. The first-order valence-electron chi connectivity index (χ1n) is 8.39. The lowest BCUT2D eigenvalue weighted by Crippen LogP contribution is -2.47. The van der Waals surface area contributed by atoms with E-state index >= 15 is 0 Å². The number of hydrogen-bond donors (Lipinski definition) is 1. The van der Waals surface area contributed by atoms with Gasteiger partial charge < -0.3 is 10.0 Å². The van der Waals surface area contributed by atoms with Crippen molar-refractivity contribution in [2.24, 2.45) is 5.92 Å². The van der Waals surface area contributed by atoms with E-state index in [1.54, 1.807) is 0 Å². The smallest absolute Gasteiger partial charge is 0.244 e. The number of amides is 1. The maximum absolute atomic E-state index is 13.0. The van der Waals surface area contributed by atoms with Crippen molar-refractivity contribution >= 4 is 5.91 Å². The molecule has 0 aliphatic carbocycles. The van der Waals surface area contributed by atoms with Gasteiger partial charge in [0.1, 0.15) is 6.04 Å². The molecule has 0 bridgehead atoms. The highest BCUT2D eigenvalue weighted by atomic mass is 16.3. The van der Waals surface area contributed by atoms with Gasteiger partial charge in [0.15, 0.2) is 0 Å². The van der Waals surface area contributed by atoms with Crippen LogP contribution in [0.25, 0.3) is 0 Å². The number of rotatable bonds is 6. The Morgan fingerprint density at radius 1 is 1.32 bits per heavy atom. The number of hydrogen-bond acceptors (Lipinski definition) is 3. The number of piperidine rings is 1. The summed E-state index contributed by atoms with van der Waals surface area (Å²) in [4.78, 5) is 17.2.